The molecule has 7 nitrogen and oxygen atoms in total. The van der Waals surface area contributed by atoms with Gasteiger partial charge in [-0.25, -0.2) is 9.18 Å². The van der Waals surface area contributed by atoms with Gasteiger partial charge in [0, 0.05) is 11.7 Å². The molecule has 1 aliphatic rings. The second-order valence-corrected chi connectivity index (χ2v) is 9.17. The number of carbonyl (C=O) groups excluding carboxylic acids is 3. The molecular weight excluding hydrogens is 457 g/mol. The molecule has 2 heterocycles. The summed E-state index contributed by atoms with van der Waals surface area (Å²) in [6, 6.07) is 15.1. The van der Waals surface area contributed by atoms with E-state index in [2.05, 4.69) is 10.6 Å². The molecule has 1 saturated heterocycles. The number of cyclic esters (lactones) is 1. The molecule has 176 valence electrons. The number of carbonyl (C=O) groups is 3. The van der Waals surface area contributed by atoms with Gasteiger partial charge in [0.1, 0.15) is 5.82 Å². The highest BCUT2D eigenvalue weighted by Crippen LogP contribution is 2.35. The second kappa shape index (κ2) is 10.0. The van der Waals surface area contributed by atoms with Gasteiger partial charge in [0.25, 0.3) is 5.91 Å². The fraction of sp³-hybridized carbons (Fsp3) is 0.240. The summed E-state index contributed by atoms with van der Waals surface area (Å²) in [5.74, 6) is -0.996. The van der Waals surface area contributed by atoms with E-state index in [-0.39, 0.29) is 30.2 Å². The van der Waals surface area contributed by atoms with Crippen molar-refractivity contribution in [2.75, 3.05) is 5.32 Å². The molecule has 3 amide bonds. The van der Waals surface area contributed by atoms with Crippen molar-refractivity contribution >= 4 is 34.9 Å². The third-order valence-electron chi connectivity index (χ3n) is 5.27. The van der Waals surface area contributed by atoms with Crippen LogP contribution in [0.3, 0.4) is 0 Å². The van der Waals surface area contributed by atoms with Crippen LogP contribution in [-0.2, 0) is 16.1 Å². The summed E-state index contributed by atoms with van der Waals surface area (Å²) in [6.45, 7) is 3.74. The maximum atomic E-state index is 13.3. The van der Waals surface area contributed by atoms with E-state index < -0.39 is 18.2 Å². The molecule has 1 fully saturated rings. The van der Waals surface area contributed by atoms with E-state index >= 15 is 0 Å². The van der Waals surface area contributed by atoms with Crippen molar-refractivity contribution in [3.05, 3.63) is 87.9 Å². The molecule has 34 heavy (non-hydrogen) atoms. The van der Waals surface area contributed by atoms with Gasteiger partial charge in [-0.1, -0.05) is 30.3 Å². The summed E-state index contributed by atoms with van der Waals surface area (Å²) >= 11 is 1.33. The minimum Gasteiger partial charge on any atom is -0.438 e. The normalized spacial score (nSPS) is 17.5. The van der Waals surface area contributed by atoms with Gasteiger partial charge in [-0.15, -0.1) is 11.3 Å². The Balaban J connectivity index is 1.61. The molecule has 0 radical (unpaired) electrons. The zero-order chi connectivity index (χ0) is 24.2. The Kier molecular flexibility index (Phi) is 6.93. The number of ether oxygens (including phenoxy) is 1. The minimum atomic E-state index is -0.941. The highest BCUT2D eigenvalue weighted by molar-refractivity contribution is 7.12. The van der Waals surface area contributed by atoms with Crippen molar-refractivity contribution in [2.24, 2.45) is 0 Å². The highest BCUT2D eigenvalue weighted by Gasteiger charge is 2.47. The molecule has 2 atom stereocenters. The van der Waals surface area contributed by atoms with Crippen molar-refractivity contribution in [2.45, 2.75) is 38.6 Å². The monoisotopic (exact) mass is 481 g/mol. The van der Waals surface area contributed by atoms with Gasteiger partial charge in [0.05, 0.1) is 11.4 Å². The van der Waals surface area contributed by atoms with Crippen molar-refractivity contribution in [1.82, 2.24) is 10.2 Å². The summed E-state index contributed by atoms with van der Waals surface area (Å²) in [5.41, 5.74) is 1.76. The van der Waals surface area contributed by atoms with Crippen LogP contribution in [0, 0.1) is 5.82 Å². The van der Waals surface area contributed by atoms with E-state index in [0.29, 0.717) is 21.7 Å². The first-order valence-corrected chi connectivity index (χ1v) is 11.7. The molecular formula is C25H24FN3O4S. The summed E-state index contributed by atoms with van der Waals surface area (Å²) in [5, 5.41) is 7.50. The Bertz CT molecular complexity index is 1180. The predicted octanol–water partition coefficient (Wildman–Crippen LogP) is 4.73. The molecule has 0 spiro atoms. The number of nitrogens with zero attached hydrogens (tertiary/aromatic N) is 1. The van der Waals surface area contributed by atoms with E-state index in [0.717, 1.165) is 0 Å². The fourth-order valence-corrected chi connectivity index (χ4v) is 4.38. The maximum absolute atomic E-state index is 13.3. The lowest BCUT2D eigenvalue weighted by molar-refractivity contribution is -0.126. The predicted molar refractivity (Wildman–Crippen MR) is 127 cm³/mol. The van der Waals surface area contributed by atoms with Crippen molar-refractivity contribution < 1.29 is 23.5 Å². The van der Waals surface area contributed by atoms with Crippen LogP contribution < -0.4 is 10.6 Å². The van der Waals surface area contributed by atoms with Crippen molar-refractivity contribution in [3.63, 3.8) is 0 Å². The summed E-state index contributed by atoms with van der Waals surface area (Å²) in [7, 11) is 0. The molecule has 4 rings (SSSR count). The number of benzene rings is 2. The van der Waals surface area contributed by atoms with Gasteiger partial charge >= 0.3 is 6.09 Å². The lowest BCUT2D eigenvalue weighted by Crippen LogP contribution is -2.48. The molecule has 2 N–H and O–H groups in total. The van der Waals surface area contributed by atoms with Gasteiger partial charge in [0.15, 0.2) is 12.1 Å². The van der Waals surface area contributed by atoms with Crippen LogP contribution in [0.15, 0.2) is 66.0 Å². The average molecular weight is 482 g/mol. The molecule has 0 saturated carbocycles. The number of halogens is 1. The first-order valence-electron chi connectivity index (χ1n) is 10.8. The van der Waals surface area contributed by atoms with E-state index in [1.807, 2.05) is 19.2 Å². The first-order chi connectivity index (χ1) is 16.3. The Morgan fingerprint density at radius 2 is 1.88 bits per heavy atom. The largest absolute Gasteiger partial charge is 0.438 e. The average Bonchev–Trinajstić information content (AvgIpc) is 3.44. The third kappa shape index (κ3) is 5.26. The Morgan fingerprint density at radius 3 is 2.56 bits per heavy atom. The number of nitrogens with one attached hydrogen (secondary N) is 2. The molecule has 0 bridgehead atoms. The summed E-state index contributed by atoms with van der Waals surface area (Å²) in [6.07, 6.45) is -1.53. The molecule has 0 aliphatic carbocycles. The Morgan fingerprint density at radius 1 is 1.12 bits per heavy atom. The fourth-order valence-electron chi connectivity index (χ4n) is 3.76. The quantitative estimate of drug-likeness (QED) is 0.511. The van der Waals surface area contributed by atoms with Crippen LogP contribution in [0.4, 0.5) is 14.9 Å². The van der Waals surface area contributed by atoms with Crippen LogP contribution in [0.5, 0.6) is 0 Å². The van der Waals surface area contributed by atoms with Gasteiger partial charge in [-0.05, 0) is 60.7 Å². The van der Waals surface area contributed by atoms with Gasteiger partial charge in [0.2, 0.25) is 5.91 Å². The highest BCUT2D eigenvalue weighted by atomic mass is 32.1. The molecule has 2 aromatic carbocycles. The minimum absolute atomic E-state index is 0.0839. The van der Waals surface area contributed by atoms with Crippen molar-refractivity contribution in [3.8, 4) is 0 Å². The number of hydrogen-bond donors (Lipinski definition) is 2. The lowest BCUT2D eigenvalue weighted by Gasteiger charge is -2.25. The second-order valence-electron chi connectivity index (χ2n) is 8.22. The molecule has 0 unspecified atom stereocenters. The van der Waals surface area contributed by atoms with Crippen LogP contribution in [0.2, 0.25) is 0 Å². The van der Waals surface area contributed by atoms with E-state index in [4.69, 9.17) is 4.74 Å². The number of hydrogen-bond acceptors (Lipinski definition) is 5. The van der Waals surface area contributed by atoms with Crippen LogP contribution in [-0.4, -0.2) is 34.9 Å². The van der Waals surface area contributed by atoms with E-state index in [1.54, 1.807) is 48.5 Å². The zero-order valence-corrected chi connectivity index (χ0v) is 19.5. The summed E-state index contributed by atoms with van der Waals surface area (Å²) < 4.78 is 19.0. The molecule has 1 aromatic heterocycles. The molecule has 9 heteroatoms. The van der Waals surface area contributed by atoms with Gasteiger partial charge < -0.3 is 15.4 Å². The standard InChI is InChI=1S/C25H24FN3O4S/c1-15(2)27-24(31)21-22(33-25(32)29(21)14-16-8-10-18(26)11-9-16)17-5-3-6-19(13-17)28-23(30)20-7-4-12-34-20/h3-13,15,21-22H,14H2,1-2H3,(H,27,31)(H,28,30)/t21-,22-/m1/s1. The number of amides is 3. The van der Waals surface area contributed by atoms with E-state index in [9.17, 15) is 18.8 Å². The Hall–Kier alpha value is -3.72. The van der Waals surface area contributed by atoms with Crippen molar-refractivity contribution in [1.29, 1.82) is 0 Å². The summed E-state index contributed by atoms with van der Waals surface area (Å²) in [4.78, 5) is 40.3. The topological polar surface area (TPSA) is 87.7 Å². The first kappa shape index (κ1) is 23.4. The van der Waals surface area contributed by atoms with Crippen LogP contribution >= 0.6 is 11.3 Å². The van der Waals surface area contributed by atoms with Gasteiger partial charge in [-0.3, -0.25) is 14.5 Å². The Labute approximate surface area is 200 Å². The number of thiophene rings is 1. The van der Waals surface area contributed by atoms with E-state index in [1.165, 1.54) is 28.4 Å². The molecule has 3 aromatic rings. The van der Waals surface area contributed by atoms with Crippen LogP contribution in [0.1, 0.15) is 40.8 Å². The zero-order valence-electron chi connectivity index (χ0n) is 18.7. The lowest BCUT2D eigenvalue weighted by atomic mass is 9.99. The van der Waals surface area contributed by atoms with Crippen LogP contribution in [0.25, 0.3) is 0 Å². The number of rotatable bonds is 7. The SMILES string of the molecule is CC(C)NC(=O)[C@H]1[C@@H](c2cccc(NC(=O)c3cccs3)c2)OC(=O)N1Cc1ccc(F)cc1. The smallest absolute Gasteiger partial charge is 0.411 e. The molecule has 1 aliphatic heterocycles. The third-order valence-corrected chi connectivity index (χ3v) is 6.14. The van der Waals surface area contributed by atoms with Gasteiger partial charge in [-0.2, -0.15) is 0 Å². The number of anilines is 1. The maximum Gasteiger partial charge on any atom is 0.411 e.